The second-order valence-corrected chi connectivity index (χ2v) is 7.69. The van der Waals surface area contributed by atoms with Gasteiger partial charge in [0.05, 0.1) is 21.7 Å². The van der Waals surface area contributed by atoms with E-state index in [1.165, 1.54) is 11.8 Å². The van der Waals surface area contributed by atoms with E-state index in [0.29, 0.717) is 26.4 Å². The minimum Gasteiger partial charge on any atom is -0.325 e. The molecule has 6 nitrogen and oxygen atoms in total. The van der Waals surface area contributed by atoms with Gasteiger partial charge in [0.2, 0.25) is 5.91 Å². The molecule has 0 aliphatic carbocycles. The number of fused-ring (bicyclic) bond motifs is 2. The Bertz CT molecular complexity index is 1070. The number of halogens is 2. The van der Waals surface area contributed by atoms with Gasteiger partial charge >= 0.3 is 0 Å². The van der Waals surface area contributed by atoms with Crippen molar-refractivity contribution in [2.24, 2.45) is 0 Å². The summed E-state index contributed by atoms with van der Waals surface area (Å²) in [5.41, 5.74) is 2.66. The normalized spacial score (nSPS) is 16.0. The standard InChI is InChI=1S/C17H12Cl2N4O2S/c1-8-11-4-9(2-3-13(11)20-16(8)25)14(24)7-26-17-22-21-15-12(19)5-10(18)6-23(15)17/h2-6,8H,7H2,1H3,(H,20,25)/t8-/m1/s1. The Kier molecular flexibility index (Phi) is 4.38. The van der Waals surface area contributed by atoms with Gasteiger partial charge in [-0.1, -0.05) is 35.0 Å². The number of carbonyl (C=O) groups is 2. The number of anilines is 1. The number of hydrogen-bond acceptors (Lipinski definition) is 5. The Morgan fingerprint density at radius 3 is 2.92 bits per heavy atom. The summed E-state index contributed by atoms with van der Waals surface area (Å²) >= 11 is 13.4. The van der Waals surface area contributed by atoms with E-state index in [2.05, 4.69) is 15.5 Å². The van der Waals surface area contributed by atoms with Crippen LogP contribution >= 0.6 is 35.0 Å². The number of benzene rings is 1. The number of carbonyl (C=O) groups excluding carboxylic acids is 2. The fourth-order valence-electron chi connectivity index (χ4n) is 2.80. The SMILES string of the molecule is C[C@H]1C(=O)Nc2ccc(C(=O)CSc3nnc4c(Cl)cc(Cl)cn34)cc21. The molecule has 1 aromatic carbocycles. The van der Waals surface area contributed by atoms with Crippen LogP contribution in [0.4, 0.5) is 5.69 Å². The number of thioether (sulfide) groups is 1. The molecular weight excluding hydrogens is 395 g/mol. The van der Waals surface area contributed by atoms with Gasteiger partial charge in [-0.25, -0.2) is 0 Å². The molecule has 0 saturated heterocycles. The molecule has 1 amide bonds. The Hall–Kier alpha value is -2.09. The Morgan fingerprint density at radius 1 is 1.31 bits per heavy atom. The summed E-state index contributed by atoms with van der Waals surface area (Å²) in [7, 11) is 0. The van der Waals surface area contributed by atoms with Crippen LogP contribution in [0.25, 0.3) is 5.65 Å². The molecule has 1 N–H and O–H groups in total. The van der Waals surface area contributed by atoms with Crippen molar-refractivity contribution in [3.05, 3.63) is 51.6 Å². The third kappa shape index (κ3) is 2.96. The van der Waals surface area contributed by atoms with Gasteiger partial charge in [-0.05, 0) is 36.8 Å². The van der Waals surface area contributed by atoms with Crippen LogP contribution in [-0.4, -0.2) is 32.0 Å². The average Bonchev–Trinajstić information content (AvgIpc) is 3.14. The van der Waals surface area contributed by atoms with Gasteiger partial charge in [-0.3, -0.25) is 14.0 Å². The first-order chi connectivity index (χ1) is 12.4. The van der Waals surface area contributed by atoms with Crippen molar-refractivity contribution < 1.29 is 9.59 Å². The molecule has 0 unspecified atom stereocenters. The first kappa shape index (κ1) is 17.3. The fourth-order valence-corrected chi connectivity index (χ4v) is 4.12. The van der Waals surface area contributed by atoms with Gasteiger partial charge in [-0.2, -0.15) is 0 Å². The number of hydrogen-bond donors (Lipinski definition) is 1. The highest BCUT2D eigenvalue weighted by atomic mass is 35.5. The number of pyridine rings is 1. The summed E-state index contributed by atoms with van der Waals surface area (Å²) in [5.74, 6) is -0.188. The molecule has 0 saturated carbocycles. The molecule has 3 aromatic rings. The Labute approximate surface area is 162 Å². The van der Waals surface area contributed by atoms with E-state index in [1.54, 1.807) is 34.9 Å². The van der Waals surface area contributed by atoms with Gasteiger partial charge < -0.3 is 5.32 Å². The lowest BCUT2D eigenvalue weighted by molar-refractivity contribution is -0.116. The van der Waals surface area contributed by atoms with Gasteiger partial charge in [0.1, 0.15) is 0 Å². The largest absolute Gasteiger partial charge is 0.325 e. The van der Waals surface area contributed by atoms with Crippen LogP contribution in [0, 0.1) is 0 Å². The maximum Gasteiger partial charge on any atom is 0.231 e. The molecule has 2 aromatic heterocycles. The highest BCUT2D eigenvalue weighted by Gasteiger charge is 2.27. The van der Waals surface area contributed by atoms with Gasteiger partial charge in [0, 0.05) is 17.4 Å². The number of nitrogens with zero attached hydrogens (tertiary/aromatic N) is 3. The van der Waals surface area contributed by atoms with E-state index in [9.17, 15) is 9.59 Å². The number of nitrogens with one attached hydrogen (secondary N) is 1. The Morgan fingerprint density at radius 2 is 2.12 bits per heavy atom. The predicted octanol–water partition coefficient (Wildman–Crippen LogP) is 4.07. The lowest BCUT2D eigenvalue weighted by atomic mass is 9.99. The van der Waals surface area contributed by atoms with Crippen molar-refractivity contribution in [3.8, 4) is 0 Å². The summed E-state index contributed by atoms with van der Waals surface area (Å²) in [4.78, 5) is 24.3. The second kappa shape index (κ2) is 6.57. The molecule has 9 heteroatoms. The first-order valence-corrected chi connectivity index (χ1v) is 9.49. The summed E-state index contributed by atoms with van der Waals surface area (Å²) in [6, 6.07) is 6.85. The lowest BCUT2D eigenvalue weighted by Crippen LogP contribution is -2.08. The zero-order valence-corrected chi connectivity index (χ0v) is 15.8. The summed E-state index contributed by atoms with van der Waals surface area (Å²) in [6.45, 7) is 1.82. The monoisotopic (exact) mass is 406 g/mol. The molecule has 26 heavy (non-hydrogen) atoms. The number of aromatic nitrogens is 3. The van der Waals surface area contributed by atoms with Crippen LogP contribution < -0.4 is 5.32 Å². The van der Waals surface area contributed by atoms with Crippen LogP contribution in [0.5, 0.6) is 0 Å². The molecule has 1 aliphatic heterocycles. The van der Waals surface area contributed by atoms with Gasteiger partial charge in [0.25, 0.3) is 0 Å². The highest BCUT2D eigenvalue weighted by Crippen LogP contribution is 2.33. The molecular formula is C17H12Cl2N4O2S. The van der Waals surface area contributed by atoms with Gasteiger partial charge in [-0.15, -0.1) is 10.2 Å². The average molecular weight is 407 g/mol. The molecule has 0 spiro atoms. The number of Topliss-reactive ketones (excluding diaryl/α,β-unsaturated/α-hetero) is 1. The smallest absolute Gasteiger partial charge is 0.231 e. The molecule has 132 valence electrons. The van der Waals surface area contributed by atoms with Crippen molar-refractivity contribution in [1.29, 1.82) is 0 Å². The summed E-state index contributed by atoms with van der Waals surface area (Å²) in [5, 5.41) is 12.3. The predicted molar refractivity (Wildman–Crippen MR) is 102 cm³/mol. The lowest BCUT2D eigenvalue weighted by Gasteiger charge is -2.05. The quantitative estimate of drug-likeness (QED) is 0.521. The molecule has 0 bridgehead atoms. The number of rotatable bonds is 4. The van der Waals surface area contributed by atoms with Gasteiger partial charge in [0.15, 0.2) is 16.6 Å². The summed E-state index contributed by atoms with van der Waals surface area (Å²) < 4.78 is 1.66. The van der Waals surface area contributed by atoms with Crippen LogP contribution in [0.3, 0.4) is 0 Å². The van der Waals surface area contributed by atoms with Crippen molar-refractivity contribution in [2.45, 2.75) is 18.0 Å². The van der Waals surface area contributed by atoms with Crippen LogP contribution in [0.15, 0.2) is 35.6 Å². The minimum atomic E-state index is -0.255. The third-order valence-electron chi connectivity index (χ3n) is 4.22. The van der Waals surface area contributed by atoms with Crippen molar-refractivity contribution in [1.82, 2.24) is 14.6 Å². The third-order valence-corrected chi connectivity index (χ3v) is 5.65. The minimum absolute atomic E-state index is 0.0531. The number of amides is 1. The van der Waals surface area contributed by atoms with E-state index in [4.69, 9.17) is 23.2 Å². The fraction of sp³-hybridized carbons (Fsp3) is 0.176. The zero-order valence-electron chi connectivity index (χ0n) is 13.5. The molecule has 0 radical (unpaired) electrons. The first-order valence-electron chi connectivity index (χ1n) is 7.74. The van der Waals surface area contributed by atoms with Crippen LogP contribution in [-0.2, 0) is 4.79 Å². The van der Waals surface area contributed by atoms with E-state index >= 15 is 0 Å². The molecule has 1 atom stereocenters. The topological polar surface area (TPSA) is 76.4 Å². The van der Waals surface area contributed by atoms with Crippen LogP contribution in [0.1, 0.15) is 28.8 Å². The second-order valence-electron chi connectivity index (χ2n) is 5.91. The van der Waals surface area contributed by atoms with E-state index in [0.717, 1.165) is 11.3 Å². The number of ketones is 1. The van der Waals surface area contributed by atoms with Crippen molar-refractivity contribution in [2.75, 3.05) is 11.1 Å². The van der Waals surface area contributed by atoms with E-state index < -0.39 is 0 Å². The van der Waals surface area contributed by atoms with Crippen LogP contribution in [0.2, 0.25) is 10.0 Å². The Balaban J connectivity index is 1.54. The summed E-state index contributed by atoms with van der Waals surface area (Å²) in [6.07, 6.45) is 1.66. The van der Waals surface area contributed by atoms with Crippen molar-refractivity contribution >= 4 is 58.0 Å². The molecule has 3 heterocycles. The van der Waals surface area contributed by atoms with Crippen molar-refractivity contribution in [3.63, 3.8) is 0 Å². The zero-order chi connectivity index (χ0) is 18.4. The molecule has 1 aliphatic rings. The van der Waals surface area contributed by atoms with E-state index in [1.807, 2.05) is 6.92 Å². The maximum atomic E-state index is 12.6. The highest BCUT2D eigenvalue weighted by molar-refractivity contribution is 7.99. The molecule has 0 fully saturated rings. The molecule has 4 rings (SSSR count). The maximum absolute atomic E-state index is 12.6. The van der Waals surface area contributed by atoms with E-state index in [-0.39, 0.29) is 23.4 Å².